The Kier molecular flexibility index (Phi) is 19.1. The molecule has 10 radical (unpaired) electrons. The summed E-state index contributed by atoms with van der Waals surface area (Å²) in [4.78, 5) is 0. The second-order valence-corrected chi connectivity index (χ2v) is 5.86. The summed E-state index contributed by atoms with van der Waals surface area (Å²) in [7, 11) is 0. The van der Waals surface area contributed by atoms with Gasteiger partial charge in [0.2, 0.25) is 0 Å². The average Bonchev–Trinajstić information content (AvgIpc) is 3.31. The molecular weight excluding hydrogens is 336 g/mol. The zero-order chi connectivity index (χ0) is 17.3. The number of hydrogen-bond donors (Lipinski definition) is 0. The van der Waals surface area contributed by atoms with Gasteiger partial charge in [0.1, 0.15) is 0 Å². The summed E-state index contributed by atoms with van der Waals surface area (Å²) in [5, 5.41) is 0. The van der Waals surface area contributed by atoms with Gasteiger partial charge in [-0.1, -0.05) is 39.5 Å². The summed E-state index contributed by atoms with van der Waals surface area (Å²) in [6.07, 6.45) is 37.0. The van der Waals surface area contributed by atoms with Crippen LogP contribution in [0.5, 0.6) is 0 Å². The fourth-order valence-electron chi connectivity index (χ4n) is 2.72. The first kappa shape index (κ1) is 25.2. The third-order valence-corrected chi connectivity index (χ3v) is 3.86. The molecule has 0 aromatic heterocycles. The predicted octanol–water partition coefficient (Wildman–Crippen LogP) is 6.66. The molecule has 0 heterocycles. The molecule has 1 heteroatoms. The second kappa shape index (κ2) is 19.0. The Bertz CT molecular complexity index is 283. The first-order chi connectivity index (χ1) is 11.9. The van der Waals surface area contributed by atoms with Gasteiger partial charge in [0.05, 0.1) is 0 Å². The summed E-state index contributed by atoms with van der Waals surface area (Å²) in [5.74, 6) is 0. The zero-order valence-corrected chi connectivity index (χ0v) is 17.5. The molecule has 0 atom stereocenters. The molecule has 3 rings (SSSR count). The second-order valence-electron chi connectivity index (χ2n) is 5.86. The van der Waals surface area contributed by atoms with Crippen molar-refractivity contribution in [1.82, 2.24) is 0 Å². The van der Waals surface area contributed by atoms with E-state index < -0.39 is 0 Å². The molecule has 0 spiro atoms. The number of hydrogen-bond acceptors (Lipinski definition) is 0. The first-order valence-corrected chi connectivity index (χ1v) is 9.41. The molecule has 25 heavy (non-hydrogen) atoms. The SMILES string of the molecule is CC[C-]=C1CCCCCCC1=[C-]CC.[CH]1[CH][CH][CH][CH]1.[CH]1[CH][CH][CH][CH]1.[Ti+2]. The topological polar surface area (TPSA) is 0 Å². The molecule has 0 N–H and O–H groups in total. The summed E-state index contributed by atoms with van der Waals surface area (Å²) in [6, 6.07) is 0. The van der Waals surface area contributed by atoms with E-state index in [1.807, 2.05) is 64.2 Å². The van der Waals surface area contributed by atoms with Crippen LogP contribution in [0.3, 0.4) is 0 Å². The van der Waals surface area contributed by atoms with Crippen LogP contribution in [0.15, 0.2) is 11.1 Å². The molecule has 0 aromatic carbocycles. The fourth-order valence-corrected chi connectivity index (χ4v) is 2.72. The van der Waals surface area contributed by atoms with E-state index in [0.29, 0.717) is 0 Å². The Labute approximate surface area is 174 Å². The van der Waals surface area contributed by atoms with E-state index in [4.69, 9.17) is 0 Å². The van der Waals surface area contributed by atoms with Gasteiger partial charge in [-0.25, -0.2) is 0 Å². The van der Waals surface area contributed by atoms with Crippen molar-refractivity contribution in [3.05, 3.63) is 87.5 Å². The molecule has 0 nitrogen and oxygen atoms in total. The predicted molar refractivity (Wildman–Crippen MR) is 105 cm³/mol. The van der Waals surface area contributed by atoms with Crippen LogP contribution in [0.4, 0.5) is 0 Å². The van der Waals surface area contributed by atoms with Crippen molar-refractivity contribution in [3.8, 4) is 0 Å². The number of rotatable bonds is 2. The van der Waals surface area contributed by atoms with Gasteiger partial charge in [0.15, 0.2) is 0 Å². The average molecular weight is 368 g/mol. The van der Waals surface area contributed by atoms with Gasteiger partial charge in [0.25, 0.3) is 0 Å². The first-order valence-electron chi connectivity index (χ1n) is 9.41. The van der Waals surface area contributed by atoms with Crippen LogP contribution in [0, 0.1) is 76.4 Å². The molecule has 3 aliphatic rings. The summed E-state index contributed by atoms with van der Waals surface area (Å²) >= 11 is 0. The maximum Gasteiger partial charge on any atom is 2.00 e. The maximum absolute atomic E-state index is 3.50. The van der Waals surface area contributed by atoms with E-state index in [2.05, 4.69) is 26.0 Å². The van der Waals surface area contributed by atoms with Gasteiger partial charge in [-0.2, -0.15) is 0 Å². The monoisotopic (exact) mass is 368 g/mol. The third-order valence-electron chi connectivity index (χ3n) is 3.86. The van der Waals surface area contributed by atoms with Crippen LogP contribution in [0.2, 0.25) is 0 Å². The van der Waals surface area contributed by atoms with Gasteiger partial charge >= 0.3 is 21.7 Å². The molecule has 132 valence electrons. The van der Waals surface area contributed by atoms with Crippen molar-refractivity contribution < 1.29 is 21.7 Å². The normalized spacial score (nSPS) is 23.6. The molecule has 0 aromatic rings. The van der Waals surface area contributed by atoms with Crippen molar-refractivity contribution in [2.24, 2.45) is 0 Å². The van der Waals surface area contributed by atoms with Crippen molar-refractivity contribution in [2.45, 2.75) is 65.2 Å². The van der Waals surface area contributed by atoms with Crippen LogP contribution >= 0.6 is 0 Å². The Morgan fingerprint density at radius 2 is 0.840 bits per heavy atom. The van der Waals surface area contributed by atoms with Crippen LogP contribution < -0.4 is 0 Å². The molecule has 0 saturated heterocycles. The standard InChI is InChI=1S/C14H22.2C5H5.Ti/c1-3-9-13-11-7-5-6-8-12-14(13)10-4-2;2*1-2-4-5-3-1;/h3-8,11-12H2,1-2H3;2*1-5H;/q-2;;;+2. The minimum Gasteiger partial charge on any atom is -0.373 e. The Hall–Kier alpha value is 0.194. The van der Waals surface area contributed by atoms with Gasteiger partial charge in [-0.3, -0.25) is 0 Å². The van der Waals surface area contributed by atoms with E-state index in [1.165, 1.54) is 49.7 Å². The summed E-state index contributed by atoms with van der Waals surface area (Å²) < 4.78 is 0. The molecule has 0 amide bonds. The van der Waals surface area contributed by atoms with Crippen LogP contribution in [0.1, 0.15) is 65.2 Å². The molecule has 3 fully saturated rings. The van der Waals surface area contributed by atoms with Crippen molar-refractivity contribution in [2.75, 3.05) is 0 Å². The maximum atomic E-state index is 3.50. The smallest absolute Gasteiger partial charge is 0.373 e. The van der Waals surface area contributed by atoms with E-state index in [-0.39, 0.29) is 21.7 Å². The zero-order valence-electron chi connectivity index (χ0n) is 15.9. The van der Waals surface area contributed by atoms with Crippen LogP contribution in [-0.4, -0.2) is 0 Å². The Balaban J connectivity index is 0.000000425. The van der Waals surface area contributed by atoms with Crippen LogP contribution in [0.25, 0.3) is 0 Å². The van der Waals surface area contributed by atoms with Crippen molar-refractivity contribution in [3.63, 3.8) is 0 Å². The summed E-state index contributed by atoms with van der Waals surface area (Å²) in [5.41, 5.74) is 2.93. The van der Waals surface area contributed by atoms with Gasteiger partial charge < -0.3 is 23.3 Å². The molecule has 3 aliphatic carbocycles. The summed E-state index contributed by atoms with van der Waals surface area (Å²) in [6.45, 7) is 4.35. The largest absolute Gasteiger partial charge is 2.00 e. The van der Waals surface area contributed by atoms with Crippen molar-refractivity contribution in [1.29, 1.82) is 0 Å². The number of allylic oxidation sites excluding steroid dienone is 4. The quantitative estimate of drug-likeness (QED) is 0.378. The third kappa shape index (κ3) is 14.0. The minimum atomic E-state index is 0. The molecule has 0 unspecified atom stereocenters. The van der Waals surface area contributed by atoms with Gasteiger partial charge in [-0.05, 0) is 64.2 Å². The van der Waals surface area contributed by atoms with Gasteiger partial charge in [-0.15, -0.1) is 25.7 Å². The molecule has 0 bridgehead atoms. The van der Waals surface area contributed by atoms with Gasteiger partial charge in [0, 0.05) is 0 Å². The van der Waals surface area contributed by atoms with Crippen LogP contribution in [-0.2, 0) is 21.7 Å². The molecule has 3 saturated carbocycles. The minimum absolute atomic E-state index is 0. The van der Waals surface area contributed by atoms with E-state index in [9.17, 15) is 0 Å². The molecular formula is C24H32Ti. The van der Waals surface area contributed by atoms with E-state index in [1.54, 1.807) is 0 Å². The van der Waals surface area contributed by atoms with E-state index >= 15 is 0 Å². The molecule has 0 aliphatic heterocycles. The Morgan fingerprint density at radius 1 is 0.560 bits per heavy atom. The fraction of sp³-hybridized carbons (Fsp3) is 0.417. The van der Waals surface area contributed by atoms with Crippen molar-refractivity contribution >= 4 is 0 Å². The Morgan fingerprint density at radius 3 is 1.08 bits per heavy atom. The van der Waals surface area contributed by atoms with E-state index in [0.717, 1.165) is 12.8 Å².